The van der Waals surface area contributed by atoms with Crippen molar-refractivity contribution in [3.05, 3.63) is 71.8 Å². The van der Waals surface area contributed by atoms with Gasteiger partial charge < -0.3 is 18.2 Å². The van der Waals surface area contributed by atoms with E-state index in [1.807, 2.05) is 24.3 Å². The van der Waals surface area contributed by atoms with Crippen molar-refractivity contribution in [1.82, 2.24) is 0 Å². The van der Waals surface area contributed by atoms with E-state index in [9.17, 15) is 8.63 Å². The second-order valence-corrected chi connectivity index (χ2v) is 6.10. The summed E-state index contributed by atoms with van der Waals surface area (Å²) in [6.45, 7) is 6.09. The highest BCUT2D eigenvalue weighted by Crippen LogP contribution is 2.21. The quantitative estimate of drug-likeness (QED) is 0.707. The van der Waals surface area contributed by atoms with Gasteiger partial charge in [-0.15, -0.1) is 0 Å². The van der Waals surface area contributed by atoms with Gasteiger partial charge >= 0.3 is 7.04 Å². The fourth-order valence-corrected chi connectivity index (χ4v) is 2.85. The maximum absolute atomic E-state index is 14.1. The summed E-state index contributed by atoms with van der Waals surface area (Å²) in [5.41, 5.74) is 2.58. The summed E-state index contributed by atoms with van der Waals surface area (Å²) in [6, 6.07) is 16.6. The molecule has 1 aliphatic heterocycles. The minimum Gasteiger partial charge on any atom is -0.580 e. The molecule has 0 unspecified atom stereocenters. The molecular weight excluding hydrogens is 347 g/mol. The molecular formula is C20H22BF2N3O. The second-order valence-electron chi connectivity index (χ2n) is 6.10. The van der Waals surface area contributed by atoms with Crippen molar-refractivity contribution in [2.45, 2.75) is 13.8 Å². The van der Waals surface area contributed by atoms with Crippen LogP contribution in [0.5, 0.6) is 0 Å². The molecule has 140 valence electrons. The van der Waals surface area contributed by atoms with E-state index in [2.05, 4.69) is 23.8 Å². The Morgan fingerprint density at radius 2 is 1.70 bits per heavy atom. The average Bonchev–Trinajstić information content (AvgIpc) is 2.99. The summed E-state index contributed by atoms with van der Waals surface area (Å²) in [4.78, 5) is 2.24. The number of anilines is 1. The lowest BCUT2D eigenvalue weighted by Crippen LogP contribution is -2.36. The number of hydrogen-bond donors (Lipinski definition) is 0. The normalized spacial score (nSPS) is 17.2. The predicted octanol–water partition coefficient (Wildman–Crippen LogP) is 4.40. The summed E-state index contributed by atoms with van der Waals surface area (Å²) in [5.74, 6) is -0.0752. The van der Waals surface area contributed by atoms with E-state index in [0.717, 1.165) is 24.3 Å². The van der Waals surface area contributed by atoms with Gasteiger partial charge in [-0.3, -0.25) is 0 Å². The summed E-state index contributed by atoms with van der Waals surface area (Å²) in [5, 5.41) is 3.89. The lowest BCUT2D eigenvalue weighted by molar-refractivity contribution is -0.425. The Morgan fingerprint density at radius 3 is 2.33 bits per heavy atom. The van der Waals surface area contributed by atoms with Crippen LogP contribution in [-0.4, -0.2) is 36.8 Å². The van der Waals surface area contributed by atoms with Gasteiger partial charge in [-0.05, 0) is 60.9 Å². The maximum Gasteiger partial charge on any atom is 0.859 e. The fraction of sp³-hybridized carbons (Fsp3) is 0.200. The zero-order valence-electron chi connectivity index (χ0n) is 15.4. The fourth-order valence-electron chi connectivity index (χ4n) is 2.85. The number of nitrogens with zero attached hydrogens (tertiary/aromatic N) is 3. The first-order valence-electron chi connectivity index (χ1n) is 9.02. The molecule has 27 heavy (non-hydrogen) atoms. The Bertz CT molecular complexity index is 861. The van der Waals surface area contributed by atoms with Crippen LogP contribution < -0.4 is 4.90 Å². The van der Waals surface area contributed by atoms with Gasteiger partial charge in [0.25, 0.3) is 0 Å². The zero-order chi connectivity index (χ0) is 19.3. The molecule has 0 amide bonds. The van der Waals surface area contributed by atoms with Crippen LogP contribution in [0.25, 0.3) is 6.08 Å². The number of hydrazone groups is 1. The standard InChI is InChI=1S/C20H22BF2N3O/c1-3-25(4-2)19-14-12-17(13-15-19)9-8-16-26-21(22,23)27-20(24-26)18-10-6-5-7-11-18/h5-16H,3-4H2,1-2H3/b9-8+,26-16+. The zero-order valence-corrected chi connectivity index (χ0v) is 15.4. The maximum atomic E-state index is 14.1. The van der Waals surface area contributed by atoms with Gasteiger partial charge in [-0.25, -0.2) is 0 Å². The van der Waals surface area contributed by atoms with E-state index in [4.69, 9.17) is 4.65 Å². The minimum absolute atomic E-state index is 0.0752. The van der Waals surface area contributed by atoms with E-state index in [-0.39, 0.29) is 5.90 Å². The van der Waals surface area contributed by atoms with Crippen LogP contribution in [0.4, 0.5) is 14.3 Å². The van der Waals surface area contributed by atoms with Gasteiger partial charge in [0.1, 0.15) is 6.21 Å². The summed E-state index contributed by atoms with van der Waals surface area (Å²) < 4.78 is 33.5. The van der Waals surface area contributed by atoms with E-state index < -0.39 is 7.04 Å². The summed E-state index contributed by atoms with van der Waals surface area (Å²) in [7, 11) is -4.21. The molecule has 4 nitrogen and oxygen atoms in total. The van der Waals surface area contributed by atoms with Crippen LogP contribution in [0.3, 0.4) is 0 Å². The van der Waals surface area contributed by atoms with E-state index in [1.165, 1.54) is 6.21 Å². The lowest BCUT2D eigenvalue weighted by Gasteiger charge is -2.20. The van der Waals surface area contributed by atoms with Crippen molar-refractivity contribution in [1.29, 1.82) is 0 Å². The third-order valence-electron chi connectivity index (χ3n) is 4.34. The number of rotatable bonds is 6. The van der Waals surface area contributed by atoms with Gasteiger partial charge in [0, 0.05) is 24.3 Å². The number of benzene rings is 2. The topological polar surface area (TPSA) is 27.8 Å². The smallest absolute Gasteiger partial charge is 0.580 e. The van der Waals surface area contributed by atoms with Crippen molar-refractivity contribution in [3.63, 3.8) is 0 Å². The summed E-state index contributed by atoms with van der Waals surface area (Å²) in [6.07, 6.45) is 4.53. The predicted molar refractivity (Wildman–Crippen MR) is 107 cm³/mol. The molecule has 0 bridgehead atoms. The van der Waals surface area contributed by atoms with E-state index in [0.29, 0.717) is 10.2 Å². The Morgan fingerprint density at radius 1 is 1.04 bits per heavy atom. The Labute approximate surface area is 158 Å². The van der Waals surface area contributed by atoms with Gasteiger partial charge in [-0.2, -0.15) is 4.60 Å². The number of allylic oxidation sites excluding steroid dienone is 1. The Hall–Kier alpha value is -2.96. The third-order valence-corrected chi connectivity index (χ3v) is 4.34. The van der Waals surface area contributed by atoms with Crippen molar-refractivity contribution in [2.75, 3.05) is 18.0 Å². The lowest BCUT2D eigenvalue weighted by atomic mass is 10.1. The van der Waals surface area contributed by atoms with Crippen molar-refractivity contribution < 1.29 is 17.9 Å². The van der Waals surface area contributed by atoms with Gasteiger partial charge in [-0.1, -0.05) is 30.3 Å². The molecule has 1 aliphatic rings. The minimum atomic E-state index is -4.21. The molecule has 0 spiro atoms. The van der Waals surface area contributed by atoms with Crippen LogP contribution in [0, 0.1) is 0 Å². The van der Waals surface area contributed by atoms with Crippen molar-refractivity contribution in [3.8, 4) is 0 Å². The Kier molecular flexibility index (Phi) is 5.69. The van der Waals surface area contributed by atoms with Crippen LogP contribution in [0.2, 0.25) is 0 Å². The highest BCUT2D eigenvalue weighted by Gasteiger charge is 2.53. The molecule has 0 aromatic heterocycles. The molecule has 0 aliphatic carbocycles. The molecule has 0 fully saturated rings. The first-order chi connectivity index (χ1) is 13.0. The molecule has 0 atom stereocenters. The molecule has 0 N–H and O–H groups in total. The van der Waals surface area contributed by atoms with Crippen LogP contribution in [-0.2, 0) is 4.65 Å². The molecule has 2 aromatic carbocycles. The van der Waals surface area contributed by atoms with Crippen LogP contribution in [0.15, 0.2) is 65.8 Å². The van der Waals surface area contributed by atoms with Crippen LogP contribution in [0.1, 0.15) is 25.0 Å². The largest absolute Gasteiger partial charge is 0.859 e. The highest BCUT2D eigenvalue weighted by molar-refractivity contribution is 6.54. The molecule has 7 heteroatoms. The average molecular weight is 369 g/mol. The highest BCUT2D eigenvalue weighted by atomic mass is 19.3. The molecule has 1 heterocycles. The third kappa shape index (κ3) is 4.42. The first kappa shape index (κ1) is 18.8. The summed E-state index contributed by atoms with van der Waals surface area (Å²) >= 11 is 0. The molecule has 0 saturated carbocycles. The SMILES string of the molecule is CCN(CC)c1ccc(/C=C/C=[N+]2/N=C(c3ccccc3)O[B-]2(F)F)cc1. The van der Waals surface area contributed by atoms with Gasteiger partial charge in [0.2, 0.25) is 5.90 Å². The van der Waals surface area contributed by atoms with Gasteiger partial charge in [0.15, 0.2) is 0 Å². The molecule has 2 aromatic rings. The number of halogens is 2. The molecule has 0 radical (unpaired) electrons. The van der Waals surface area contributed by atoms with Crippen LogP contribution >= 0.6 is 0 Å². The molecule has 0 saturated heterocycles. The van der Waals surface area contributed by atoms with E-state index in [1.54, 1.807) is 42.5 Å². The molecule has 3 rings (SSSR count). The van der Waals surface area contributed by atoms with Crippen molar-refractivity contribution in [2.24, 2.45) is 5.10 Å². The monoisotopic (exact) mass is 369 g/mol. The Balaban J connectivity index is 1.75. The first-order valence-corrected chi connectivity index (χ1v) is 9.02. The van der Waals surface area contributed by atoms with Gasteiger partial charge in [0.05, 0.1) is 0 Å². The van der Waals surface area contributed by atoms with E-state index >= 15 is 0 Å². The second kappa shape index (κ2) is 8.16. The van der Waals surface area contributed by atoms with Crippen molar-refractivity contribution >= 4 is 30.9 Å². The number of hydrogen-bond acceptors (Lipinski definition) is 3.